The van der Waals surface area contributed by atoms with Gasteiger partial charge in [0.2, 0.25) is 5.52 Å². The molecule has 0 unspecified atom stereocenters. The van der Waals surface area contributed by atoms with Crippen LogP contribution in [0.4, 0.5) is 10.5 Å². The van der Waals surface area contributed by atoms with Gasteiger partial charge in [0, 0.05) is 5.56 Å². The molecule has 0 spiro atoms. The molecule has 5 nitrogen and oxygen atoms in total. The van der Waals surface area contributed by atoms with Gasteiger partial charge in [-0.2, -0.15) is 4.73 Å². The van der Waals surface area contributed by atoms with Crippen LogP contribution < -0.4 is 10.0 Å². The van der Waals surface area contributed by atoms with Gasteiger partial charge in [-0.3, -0.25) is 5.32 Å². The summed E-state index contributed by atoms with van der Waals surface area (Å²) >= 11 is 0. The van der Waals surface area contributed by atoms with E-state index in [2.05, 4.69) is 5.32 Å². The van der Waals surface area contributed by atoms with Gasteiger partial charge in [-0.25, -0.2) is 4.79 Å². The largest absolute Gasteiger partial charge is 0.618 e. The van der Waals surface area contributed by atoms with Gasteiger partial charge < -0.3 is 9.94 Å². The second kappa shape index (κ2) is 6.36. The van der Waals surface area contributed by atoms with Crippen LogP contribution in [0.3, 0.4) is 0 Å². The predicted molar refractivity (Wildman–Crippen MR) is 87.9 cm³/mol. The SMILES string of the molecule is Cc1cc2cccc(NC(=O)OCc3ccccc3)c2[n+]([O-])c1. The van der Waals surface area contributed by atoms with Gasteiger partial charge >= 0.3 is 6.09 Å². The zero-order valence-electron chi connectivity index (χ0n) is 12.7. The third kappa shape index (κ3) is 3.40. The molecule has 1 aromatic heterocycles. The molecule has 2 aromatic carbocycles. The average Bonchev–Trinajstić information content (AvgIpc) is 2.53. The fraction of sp³-hybridized carbons (Fsp3) is 0.111. The van der Waals surface area contributed by atoms with E-state index in [1.165, 1.54) is 6.20 Å². The predicted octanol–water partition coefficient (Wildman–Crippen LogP) is 3.53. The van der Waals surface area contributed by atoms with Gasteiger partial charge in [0.1, 0.15) is 12.3 Å². The van der Waals surface area contributed by atoms with Crippen LogP contribution >= 0.6 is 0 Å². The number of rotatable bonds is 3. The fourth-order valence-electron chi connectivity index (χ4n) is 2.43. The molecule has 3 aromatic rings. The van der Waals surface area contributed by atoms with Crippen LogP contribution in [0.25, 0.3) is 10.9 Å². The Morgan fingerprint density at radius 1 is 1.17 bits per heavy atom. The average molecular weight is 308 g/mol. The summed E-state index contributed by atoms with van der Waals surface area (Å²) in [5.74, 6) is 0. The standard InChI is InChI=1S/C18H16N2O3/c1-13-10-15-8-5-9-16(17(15)20(22)11-13)19-18(21)23-12-14-6-3-2-4-7-14/h2-11H,12H2,1H3,(H,19,21). The number of anilines is 1. The Hall–Kier alpha value is -3.08. The number of aromatic nitrogens is 1. The molecule has 1 amide bonds. The summed E-state index contributed by atoms with van der Waals surface area (Å²) in [4.78, 5) is 12.0. The number of aryl methyl sites for hydroxylation is 1. The molecular formula is C18H16N2O3. The first-order valence-electron chi connectivity index (χ1n) is 7.24. The van der Waals surface area contributed by atoms with Gasteiger partial charge in [0.25, 0.3) is 0 Å². The summed E-state index contributed by atoms with van der Waals surface area (Å²) in [7, 11) is 0. The molecular weight excluding hydrogens is 292 g/mol. The molecule has 116 valence electrons. The molecule has 3 rings (SSSR count). The third-order valence-corrected chi connectivity index (χ3v) is 3.44. The number of hydrogen-bond donors (Lipinski definition) is 1. The Labute approximate surface area is 133 Å². The molecule has 0 aliphatic carbocycles. The smallest absolute Gasteiger partial charge is 0.412 e. The highest BCUT2D eigenvalue weighted by atomic mass is 16.5. The molecule has 0 aliphatic heterocycles. The molecule has 0 bridgehead atoms. The summed E-state index contributed by atoms with van der Waals surface area (Å²) < 4.78 is 5.94. The van der Waals surface area contributed by atoms with Crippen molar-refractivity contribution in [3.05, 3.63) is 77.1 Å². The maximum atomic E-state index is 12.1. The number of benzene rings is 2. The molecule has 0 fully saturated rings. The van der Waals surface area contributed by atoms with Crippen molar-refractivity contribution < 1.29 is 14.3 Å². The number of carbonyl (C=O) groups excluding carboxylic acids is 1. The van der Waals surface area contributed by atoms with Crippen molar-refractivity contribution in [2.45, 2.75) is 13.5 Å². The number of hydrogen-bond acceptors (Lipinski definition) is 3. The highest BCUT2D eigenvalue weighted by Gasteiger charge is 2.14. The van der Waals surface area contributed by atoms with Crippen LogP contribution in [0.15, 0.2) is 60.8 Å². The highest BCUT2D eigenvalue weighted by molar-refractivity contribution is 5.96. The van der Waals surface area contributed by atoms with E-state index >= 15 is 0 Å². The number of pyridine rings is 1. The number of fused-ring (bicyclic) bond motifs is 1. The van der Waals surface area contributed by atoms with E-state index < -0.39 is 6.09 Å². The fourth-order valence-corrected chi connectivity index (χ4v) is 2.43. The Morgan fingerprint density at radius 3 is 2.74 bits per heavy atom. The maximum Gasteiger partial charge on any atom is 0.412 e. The summed E-state index contributed by atoms with van der Waals surface area (Å²) in [5, 5.41) is 15.5. The van der Waals surface area contributed by atoms with Crippen molar-refractivity contribution in [3.8, 4) is 0 Å². The first-order chi connectivity index (χ1) is 11.1. The van der Waals surface area contributed by atoms with Gasteiger partial charge in [0.05, 0.1) is 5.39 Å². The minimum Gasteiger partial charge on any atom is -0.618 e. The van der Waals surface area contributed by atoms with Crippen molar-refractivity contribution in [1.82, 2.24) is 0 Å². The Morgan fingerprint density at radius 2 is 1.96 bits per heavy atom. The molecule has 0 atom stereocenters. The lowest BCUT2D eigenvalue weighted by atomic mass is 10.1. The van der Waals surface area contributed by atoms with E-state index in [0.29, 0.717) is 11.2 Å². The molecule has 1 heterocycles. The highest BCUT2D eigenvalue weighted by Crippen LogP contribution is 2.21. The van der Waals surface area contributed by atoms with Crippen molar-refractivity contribution in [3.63, 3.8) is 0 Å². The molecule has 5 heteroatoms. The summed E-state index contributed by atoms with van der Waals surface area (Å²) in [5.41, 5.74) is 2.59. The Bertz CT molecular complexity index is 848. The number of nitrogens with one attached hydrogen (secondary N) is 1. The van der Waals surface area contributed by atoms with Gasteiger partial charge in [0.15, 0.2) is 6.20 Å². The zero-order valence-corrected chi connectivity index (χ0v) is 12.7. The normalized spacial score (nSPS) is 10.5. The number of nitrogens with zero attached hydrogens (tertiary/aromatic N) is 1. The van der Waals surface area contributed by atoms with Crippen molar-refractivity contribution in [1.29, 1.82) is 0 Å². The van der Waals surface area contributed by atoms with Crippen LogP contribution in [0.1, 0.15) is 11.1 Å². The van der Waals surface area contributed by atoms with Gasteiger partial charge in [-0.1, -0.05) is 36.4 Å². The first kappa shape index (κ1) is 14.8. The monoisotopic (exact) mass is 308 g/mol. The maximum absolute atomic E-state index is 12.1. The van der Waals surface area contributed by atoms with Crippen LogP contribution in [0, 0.1) is 12.1 Å². The van der Waals surface area contributed by atoms with Crippen molar-refractivity contribution in [2.75, 3.05) is 5.32 Å². The number of carbonyl (C=O) groups is 1. The lowest BCUT2D eigenvalue weighted by Gasteiger charge is -2.10. The molecule has 23 heavy (non-hydrogen) atoms. The van der Waals surface area contributed by atoms with E-state index in [0.717, 1.165) is 21.2 Å². The summed E-state index contributed by atoms with van der Waals surface area (Å²) in [6.45, 7) is 2.02. The quantitative estimate of drug-likeness (QED) is 0.594. The van der Waals surface area contributed by atoms with E-state index in [1.807, 2.05) is 49.4 Å². The number of amides is 1. The minimum atomic E-state index is -0.595. The molecule has 0 saturated carbocycles. The van der Waals surface area contributed by atoms with Gasteiger partial charge in [-0.15, -0.1) is 0 Å². The number of para-hydroxylation sites is 1. The molecule has 1 N–H and O–H groups in total. The molecule has 0 aliphatic rings. The van der Waals surface area contributed by atoms with E-state index in [1.54, 1.807) is 12.1 Å². The van der Waals surface area contributed by atoms with Crippen LogP contribution in [-0.4, -0.2) is 6.09 Å². The van der Waals surface area contributed by atoms with Crippen molar-refractivity contribution in [2.24, 2.45) is 0 Å². The number of ether oxygens (including phenoxy) is 1. The second-order valence-corrected chi connectivity index (χ2v) is 5.27. The Balaban J connectivity index is 1.77. The van der Waals surface area contributed by atoms with Crippen molar-refractivity contribution >= 4 is 22.7 Å². The first-order valence-corrected chi connectivity index (χ1v) is 7.24. The van der Waals surface area contributed by atoms with E-state index in [-0.39, 0.29) is 6.61 Å². The molecule has 0 radical (unpaired) electrons. The van der Waals surface area contributed by atoms with E-state index in [4.69, 9.17) is 4.74 Å². The summed E-state index contributed by atoms with van der Waals surface area (Å²) in [6, 6.07) is 16.6. The third-order valence-electron chi connectivity index (χ3n) is 3.44. The van der Waals surface area contributed by atoms with Crippen LogP contribution in [0.5, 0.6) is 0 Å². The lowest BCUT2D eigenvalue weighted by molar-refractivity contribution is -0.576. The molecule has 0 saturated heterocycles. The summed E-state index contributed by atoms with van der Waals surface area (Å²) in [6.07, 6.45) is 0.880. The topological polar surface area (TPSA) is 65.3 Å². The second-order valence-electron chi connectivity index (χ2n) is 5.27. The van der Waals surface area contributed by atoms with Crippen LogP contribution in [0.2, 0.25) is 0 Å². The van der Waals surface area contributed by atoms with E-state index in [9.17, 15) is 10.0 Å². The Kier molecular flexibility index (Phi) is 4.10. The van der Waals surface area contributed by atoms with Gasteiger partial charge in [-0.05, 0) is 30.7 Å². The zero-order chi connectivity index (χ0) is 16.2. The van der Waals surface area contributed by atoms with Crippen LogP contribution in [-0.2, 0) is 11.3 Å². The lowest BCUT2D eigenvalue weighted by Crippen LogP contribution is -2.28. The minimum absolute atomic E-state index is 0.175.